The van der Waals surface area contributed by atoms with Gasteiger partial charge in [0.15, 0.2) is 5.11 Å². The van der Waals surface area contributed by atoms with Gasteiger partial charge in [0.1, 0.15) is 0 Å². The van der Waals surface area contributed by atoms with Gasteiger partial charge in [-0.3, -0.25) is 4.90 Å². The molecule has 0 aliphatic heterocycles. The molecule has 0 aliphatic carbocycles. The first-order chi connectivity index (χ1) is 12.0. The standard InChI is InChI=1S/C18H22N4O2S/c1-4-22(5-2)17(25)20-14-11-12-16(19-13-14)24-18(23)21(3)15-9-7-6-8-10-15/h6-13H,4-5H2,1-3H3,(H,20,25). The number of anilines is 2. The van der Waals surface area contributed by atoms with Crippen LogP contribution in [0.5, 0.6) is 5.88 Å². The summed E-state index contributed by atoms with van der Waals surface area (Å²) in [4.78, 5) is 19.8. The molecule has 1 heterocycles. The van der Waals surface area contributed by atoms with Gasteiger partial charge in [0.25, 0.3) is 0 Å². The van der Waals surface area contributed by atoms with Crippen molar-refractivity contribution in [2.45, 2.75) is 13.8 Å². The minimum absolute atomic E-state index is 0.229. The van der Waals surface area contributed by atoms with Gasteiger partial charge in [-0.05, 0) is 44.3 Å². The van der Waals surface area contributed by atoms with E-state index in [1.807, 2.05) is 49.1 Å². The summed E-state index contributed by atoms with van der Waals surface area (Å²) >= 11 is 5.34. The smallest absolute Gasteiger partial charge is 0.391 e. The maximum absolute atomic E-state index is 12.2. The Labute approximate surface area is 153 Å². The van der Waals surface area contributed by atoms with Crippen LogP contribution in [-0.2, 0) is 0 Å². The van der Waals surface area contributed by atoms with E-state index >= 15 is 0 Å². The fraction of sp³-hybridized carbons (Fsp3) is 0.278. The average molecular weight is 358 g/mol. The number of pyridine rings is 1. The van der Waals surface area contributed by atoms with Crippen molar-refractivity contribution in [3.8, 4) is 5.88 Å². The first-order valence-corrected chi connectivity index (χ1v) is 8.48. The van der Waals surface area contributed by atoms with Crippen molar-refractivity contribution >= 4 is 34.8 Å². The first kappa shape index (κ1) is 18.7. The van der Waals surface area contributed by atoms with Crippen molar-refractivity contribution < 1.29 is 9.53 Å². The normalized spacial score (nSPS) is 10.0. The Morgan fingerprint density at radius 2 is 1.84 bits per heavy atom. The van der Waals surface area contributed by atoms with Crippen molar-refractivity contribution in [1.82, 2.24) is 9.88 Å². The lowest BCUT2D eigenvalue weighted by molar-refractivity contribution is 0.207. The van der Waals surface area contributed by atoms with Crippen LogP contribution in [0.1, 0.15) is 13.8 Å². The Balaban J connectivity index is 1.96. The van der Waals surface area contributed by atoms with E-state index in [1.54, 1.807) is 25.4 Å². The van der Waals surface area contributed by atoms with E-state index in [4.69, 9.17) is 17.0 Å². The number of carbonyl (C=O) groups is 1. The lowest BCUT2D eigenvalue weighted by Crippen LogP contribution is -2.34. The molecular formula is C18H22N4O2S. The maximum Gasteiger partial charge on any atom is 0.420 e. The van der Waals surface area contributed by atoms with Gasteiger partial charge < -0.3 is 15.0 Å². The van der Waals surface area contributed by atoms with Crippen LogP contribution in [0.25, 0.3) is 0 Å². The van der Waals surface area contributed by atoms with Crippen molar-refractivity contribution in [3.63, 3.8) is 0 Å². The van der Waals surface area contributed by atoms with Crippen molar-refractivity contribution in [2.75, 3.05) is 30.4 Å². The summed E-state index contributed by atoms with van der Waals surface area (Å²) in [5, 5.41) is 3.76. The first-order valence-electron chi connectivity index (χ1n) is 8.07. The Hall–Kier alpha value is -2.67. The van der Waals surface area contributed by atoms with Crippen molar-refractivity contribution in [3.05, 3.63) is 48.7 Å². The molecule has 1 amide bonds. The molecule has 0 bridgehead atoms. The molecule has 7 heteroatoms. The van der Waals surface area contributed by atoms with E-state index in [0.717, 1.165) is 24.5 Å². The molecule has 1 N–H and O–H groups in total. The number of benzene rings is 1. The van der Waals surface area contributed by atoms with Gasteiger partial charge >= 0.3 is 6.09 Å². The number of hydrogen-bond donors (Lipinski definition) is 1. The number of amides is 1. The summed E-state index contributed by atoms with van der Waals surface area (Å²) < 4.78 is 5.29. The summed E-state index contributed by atoms with van der Waals surface area (Å²) in [5.74, 6) is 0.229. The SMILES string of the molecule is CCN(CC)C(=S)Nc1ccc(OC(=O)N(C)c2ccccc2)nc1. The van der Waals surface area contributed by atoms with Gasteiger partial charge in [-0.1, -0.05) is 18.2 Å². The van der Waals surface area contributed by atoms with Crippen molar-refractivity contribution in [1.29, 1.82) is 0 Å². The number of hydrogen-bond acceptors (Lipinski definition) is 4. The summed E-state index contributed by atoms with van der Waals surface area (Å²) in [5.41, 5.74) is 1.49. The molecule has 0 saturated carbocycles. The van der Waals surface area contributed by atoms with E-state index in [1.165, 1.54) is 4.90 Å². The van der Waals surface area contributed by atoms with Crippen LogP contribution in [0.2, 0.25) is 0 Å². The second kappa shape index (κ2) is 8.98. The van der Waals surface area contributed by atoms with Crippen LogP contribution >= 0.6 is 12.2 Å². The zero-order valence-corrected chi connectivity index (χ0v) is 15.4. The van der Waals surface area contributed by atoms with Crippen LogP contribution in [0.3, 0.4) is 0 Å². The molecule has 0 spiro atoms. The second-order valence-corrected chi connectivity index (χ2v) is 5.64. The third kappa shape index (κ3) is 5.15. The molecule has 0 fully saturated rings. The zero-order valence-electron chi connectivity index (χ0n) is 14.6. The van der Waals surface area contributed by atoms with Gasteiger partial charge in [-0.25, -0.2) is 9.78 Å². The molecule has 25 heavy (non-hydrogen) atoms. The van der Waals surface area contributed by atoms with E-state index < -0.39 is 6.09 Å². The minimum Gasteiger partial charge on any atom is -0.391 e. The third-order valence-corrected chi connectivity index (χ3v) is 4.01. The Morgan fingerprint density at radius 3 is 2.40 bits per heavy atom. The van der Waals surface area contributed by atoms with E-state index in [0.29, 0.717) is 5.11 Å². The number of aromatic nitrogens is 1. The monoisotopic (exact) mass is 358 g/mol. The summed E-state index contributed by atoms with van der Waals surface area (Å²) in [6.45, 7) is 5.75. The highest BCUT2D eigenvalue weighted by molar-refractivity contribution is 7.80. The summed E-state index contributed by atoms with van der Waals surface area (Å²) in [6.07, 6.45) is 1.08. The highest BCUT2D eigenvalue weighted by Crippen LogP contribution is 2.16. The van der Waals surface area contributed by atoms with E-state index in [-0.39, 0.29) is 5.88 Å². The zero-order chi connectivity index (χ0) is 18.2. The van der Waals surface area contributed by atoms with Crippen LogP contribution < -0.4 is 15.0 Å². The molecule has 6 nitrogen and oxygen atoms in total. The lowest BCUT2D eigenvalue weighted by Gasteiger charge is -2.22. The molecule has 2 aromatic rings. The van der Waals surface area contributed by atoms with Crippen LogP contribution in [-0.4, -0.2) is 41.2 Å². The second-order valence-electron chi connectivity index (χ2n) is 5.25. The molecule has 132 valence electrons. The number of rotatable bonds is 5. The molecule has 1 aromatic heterocycles. The predicted molar refractivity (Wildman–Crippen MR) is 104 cm³/mol. The number of nitrogens with zero attached hydrogens (tertiary/aromatic N) is 3. The molecule has 0 aliphatic rings. The summed E-state index contributed by atoms with van der Waals surface area (Å²) in [6, 6.07) is 12.7. The molecule has 1 aromatic carbocycles. The van der Waals surface area contributed by atoms with Gasteiger partial charge in [-0.2, -0.15) is 0 Å². The lowest BCUT2D eigenvalue weighted by atomic mass is 10.3. The number of nitrogens with one attached hydrogen (secondary N) is 1. The average Bonchev–Trinajstić information content (AvgIpc) is 2.64. The number of para-hydroxylation sites is 1. The highest BCUT2D eigenvalue weighted by atomic mass is 32.1. The van der Waals surface area contributed by atoms with E-state index in [2.05, 4.69) is 10.3 Å². The number of thiocarbonyl (C=S) groups is 1. The largest absolute Gasteiger partial charge is 0.420 e. The van der Waals surface area contributed by atoms with Gasteiger partial charge in [0, 0.05) is 31.9 Å². The Bertz CT molecular complexity index is 703. The maximum atomic E-state index is 12.2. The van der Waals surface area contributed by atoms with E-state index in [9.17, 15) is 4.79 Å². The fourth-order valence-electron chi connectivity index (χ4n) is 2.14. The van der Waals surface area contributed by atoms with Crippen molar-refractivity contribution in [2.24, 2.45) is 0 Å². The Morgan fingerprint density at radius 1 is 1.16 bits per heavy atom. The van der Waals surface area contributed by atoms with Gasteiger partial charge in [0.2, 0.25) is 5.88 Å². The molecule has 0 unspecified atom stereocenters. The topological polar surface area (TPSA) is 57.7 Å². The molecule has 2 rings (SSSR count). The molecule has 0 radical (unpaired) electrons. The fourth-order valence-corrected chi connectivity index (χ4v) is 2.52. The molecular weight excluding hydrogens is 336 g/mol. The molecule has 0 atom stereocenters. The number of ether oxygens (including phenoxy) is 1. The number of carbonyl (C=O) groups excluding carboxylic acids is 1. The third-order valence-electron chi connectivity index (χ3n) is 3.65. The van der Waals surface area contributed by atoms with Crippen LogP contribution in [0.15, 0.2) is 48.7 Å². The summed E-state index contributed by atoms with van der Waals surface area (Å²) in [7, 11) is 1.65. The predicted octanol–water partition coefficient (Wildman–Crippen LogP) is 3.76. The van der Waals surface area contributed by atoms with Crippen LogP contribution in [0.4, 0.5) is 16.2 Å². The highest BCUT2D eigenvalue weighted by Gasteiger charge is 2.14. The van der Waals surface area contributed by atoms with Gasteiger partial charge in [-0.15, -0.1) is 0 Å². The molecule has 0 saturated heterocycles. The quantitative estimate of drug-likeness (QED) is 0.822. The Kier molecular flexibility index (Phi) is 6.71. The minimum atomic E-state index is -0.502. The van der Waals surface area contributed by atoms with Gasteiger partial charge in [0.05, 0.1) is 11.9 Å². The van der Waals surface area contributed by atoms with Crippen LogP contribution in [0, 0.1) is 0 Å².